The van der Waals surface area contributed by atoms with Crippen molar-refractivity contribution in [3.8, 4) is 23.3 Å². The first-order chi connectivity index (χ1) is 61.9. The smallest absolute Gasteiger partial charge is 1.00 e. The molecule has 761 valence electrons. The van der Waals surface area contributed by atoms with Crippen LogP contribution in [0.2, 0.25) is 0 Å². The Hall–Kier alpha value is -8.91. The van der Waals surface area contributed by atoms with Crippen LogP contribution in [0.5, 0.6) is 17.2 Å². The molecule has 0 aliphatic carbocycles. The number of phenolic OH excluding ortho intramolecular Hbond substituents is 1. The number of alkyl carbamates (subject to hydrolysis) is 1. The minimum Gasteiger partial charge on any atom is -1.00 e. The number of nitrogens with one attached hydrogen (secondary N) is 4. The third kappa shape index (κ3) is 35.3. The van der Waals surface area contributed by atoms with Gasteiger partial charge in [0.15, 0.2) is 6.61 Å². The number of phenols is 1. The van der Waals surface area contributed by atoms with Crippen LogP contribution in [-0.2, 0) is 59.5 Å². The van der Waals surface area contributed by atoms with Gasteiger partial charge in [-0.1, -0.05) is 69.8 Å². The molecule has 3 aliphatic heterocycles. The van der Waals surface area contributed by atoms with Gasteiger partial charge < -0.3 is 73.7 Å². The van der Waals surface area contributed by atoms with Crippen molar-refractivity contribution in [1.29, 1.82) is 5.26 Å². The van der Waals surface area contributed by atoms with Crippen molar-refractivity contribution in [1.82, 2.24) is 36.6 Å². The summed E-state index contributed by atoms with van der Waals surface area (Å²) in [4.78, 5) is 116. The first-order valence-corrected chi connectivity index (χ1v) is 47.5. The third-order valence-electron chi connectivity index (χ3n) is 22.5. The van der Waals surface area contributed by atoms with E-state index in [4.69, 9.17) is 72.0 Å². The molecule has 3 heterocycles. The Morgan fingerprint density at radius 3 is 0.914 bits per heavy atom. The summed E-state index contributed by atoms with van der Waals surface area (Å²) < 4.78 is 68.2. The van der Waals surface area contributed by atoms with E-state index in [0.717, 1.165) is 33.4 Å². The molecule has 0 unspecified atom stereocenters. The van der Waals surface area contributed by atoms with Crippen molar-refractivity contribution < 1.29 is 154 Å². The molecule has 139 heavy (non-hydrogen) atoms. The second-order valence-corrected chi connectivity index (χ2v) is 44.6. The number of nitriles is 1. The quantitative estimate of drug-likeness (QED) is 0.0159. The summed E-state index contributed by atoms with van der Waals surface area (Å²) in [5, 5.41) is 26.9. The average Bonchev–Trinajstić information content (AvgIpc) is 1.61. The molecule has 0 aromatic heterocycles. The van der Waals surface area contributed by atoms with Crippen LogP contribution in [0, 0.1) is 73.6 Å². The van der Waals surface area contributed by atoms with Crippen molar-refractivity contribution in [3.05, 3.63) is 174 Å². The Morgan fingerprint density at radius 1 is 0.417 bits per heavy atom. The van der Waals surface area contributed by atoms with Gasteiger partial charge in [-0.2, -0.15) is 5.26 Å². The summed E-state index contributed by atoms with van der Waals surface area (Å²) in [6, 6.07) is 28.8. The minimum atomic E-state index is -1.06. The maximum atomic E-state index is 13.8. The number of carbonyl (C=O) groups excluding carboxylic acids is 9. The van der Waals surface area contributed by atoms with Gasteiger partial charge in [0.2, 0.25) is 0 Å². The summed E-state index contributed by atoms with van der Waals surface area (Å²) in [5.41, 5.74) is 12.0. The van der Waals surface area contributed by atoms with E-state index in [9.17, 15) is 53.5 Å². The van der Waals surface area contributed by atoms with Crippen LogP contribution >= 0.6 is 20.4 Å². The van der Waals surface area contributed by atoms with Crippen LogP contribution in [0.4, 0.5) is 14.4 Å². The Bertz CT molecular complexity index is 5290. The van der Waals surface area contributed by atoms with Crippen LogP contribution in [0.3, 0.4) is 0 Å². The zero-order chi connectivity index (χ0) is 104. The molecule has 6 aromatic rings. The van der Waals surface area contributed by atoms with Gasteiger partial charge in [-0.05, 0) is 325 Å². The topological polar surface area (TPSA) is 398 Å². The summed E-state index contributed by atoms with van der Waals surface area (Å²) in [6.45, 7) is 72.2. The van der Waals surface area contributed by atoms with Gasteiger partial charge in [0, 0.05) is 74.9 Å². The zero-order valence-corrected chi connectivity index (χ0v) is 93.5. The fourth-order valence-corrected chi connectivity index (χ4v) is 13.8. The van der Waals surface area contributed by atoms with E-state index < -0.39 is 125 Å². The largest absolute Gasteiger partial charge is 1.00 e. The van der Waals surface area contributed by atoms with E-state index in [1.54, 1.807) is 144 Å². The number of halogens is 2. The summed E-state index contributed by atoms with van der Waals surface area (Å²) >= 11 is 0.569. The maximum absolute atomic E-state index is 13.8. The van der Waals surface area contributed by atoms with Gasteiger partial charge in [0.25, 0.3) is 35.4 Å². The first kappa shape index (κ1) is 126. The van der Waals surface area contributed by atoms with Gasteiger partial charge in [0.05, 0.1) is 56.8 Å². The summed E-state index contributed by atoms with van der Waals surface area (Å²) in [7, 11) is 7.16. The number of ether oxygens (including phenoxy) is 6. The minimum absolute atomic E-state index is 0. The van der Waals surface area contributed by atoms with Crippen LogP contribution in [0.25, 0.3) is 0 Å². The number of amides is 7. The van der Waals surface area contributed by atoms with Gasteiger partial charge in [-0.15, -0.1) is 0 Å². The van der Waals surface area contributed by atoms with Crippen molar-refractivity contribution in [3.63, 3.8) is 0 Å². The Morgan fingerprint density at radius 2 is 0.662 bits per heavy atom. The molecule has 0 atom stereocenters. The second-order valence-electron chi connectivity index (χ2n) is 42.9. The molecular weight excluding hydrogens is 1880 g/mol. The van der Waals surface area contributed by atoms with E-state index in [2.05, 4.69) is 26.3 Å². The fourth-order valence-electron chi connectivity index (χ4n) is 13.8. The van der Waals surface area contributed by atoms with Gasteiger partial charge >= 0.3 is 102 Å². The molecule has 31 nitrogen and oxygen atoms in total. The summed E-state index contributed by atoms with van der Waals surface area (Å²) in [5.74, 6) is -1.71. The van der Waals surface area contributed by atoms with E-state index in [-0.39, 0.29) is 93.7 Å². The van der Waals surface area contributed by atoms with Crippen molar-refractivity contribution in [2.45, 2.75) is 337 Å². The van der Waals surface area contributed by atoms with Gasteiger partial charge in [0.1, 0.15) is 46.7 Å². The van der Waals surface area contributed by atoms with Gasteiger partial charge in [-0.25, -0.2) is 29.4 Å². The molecule has 7 N–H and O–H groups in total. The van der Waals surface area contributed by atoms with E-state index in [1.165, 1.54) is 15.0 Å². The van der Waals surface area contributed by atoms with Crippen molar-refractivity contribution in [2.24, 2.45) is 0 Å². The molecule has 3 saturated heterocycles. The number of nitrogens with zero attached hydrogens (tertiary/aromatic N) is 4. The third-order valence-corrected chi connectivity index (χ3v) is 22.5. The number of hydrogen-bond acceptors (Lipinski definition) is 23. The predicted molar refractivity (Wildman–Crippen MR) is 537 cm³/mol. The number of rotatable bonds is 15. The van der Waals surface area contributed by atoms with Crippen molar-refractivity contribution in [2.75, 3.05) is 19.8 Å². The molecular formula is C100H146B4Cl2N8NaNiO23. The SMILES string of the molecule is CC(C)(C)OC(=O)OC(=O)OC(C)(C)C.Cc1cc(C)cc(C(=O)N(NC(=O)c2ccc(B3OC(C)(C)C(C)(C)O3)c(O)c2C)C(C)(C)C)c1.Cc1cc(C)cc(C(=O)N(NC(=O)c2ccc(B3OC(C)(C)C(C)(C)O3)c(OCC#N)c2C)C(C)(C)C)c1.Cc1cc(C)cc(C(=O)N(NC(=O)c2ccc(B3OC(C)(C)C(C)(C)O3)c(OCCNC(=O)OC(C)(C)C)c2C)C(C)(C)C)c1.O.[B].[Cl][Ni][Cl].[H-].[Na+]. The number of carbonyl (C=O) groups is 9. The molecule has 7 amide bonds. The normalized spacial score (nSPS) is 15.2. The fraction of sp³-hybridized carbons (Fsp3) is 0.540. The van der Waals surface area contributed by atoms with Crippen molar-refractivity contribution >= 4 is 120 Å². The molecule has 3 fully saturated rings. The molecule has 0 spiro atoms. The Labute approximate surface area is 864 Å². The summed E-state index contributed by atoms with van der Waals surface area (Å²) in [6.07, 6.45) is -2.67. The number of benzene rings is 6. The predicted octanol–water partition coefficient (Wildman–Crippen LogP) is 14.2. The monoisotopic (exact) mass is 2020 g/mol. The Kier molecular flexibility index (Phi) is 44.8. The zero-order valence-electron chi connectivity index (χ0n) is 90.0. The molecule has 0 bridgehead atoms. The number of hydrogen-bond donors (Lipinski definition) is 5. The standard InChI is InChI=1S/C34H50BN3O7.C29H38BN3O5.C27H37BN2O5.C10H18O5.B.2ClH.Na.Ni.H2O.H/c1-21-18-22(2)20-24(19-21)29(40)38(31(4,5)6)37-28(39)25-14-15-26(35-44-33(10,11)34(12,13)45-35)27(23(25)3)42-17-16-36-30(41)43-32(7,8)9;1-18-15-19(2)17-21(16-18)26(35)33(27(4,5)6)32-25(34)22-11-12-23(24(20(22)3)36-14-13-31)30-37-28(7,8)29(9,10)38-30;1-16-13-17(2)15-19(14-16)24(33)30(25(4,5)6)29-23(32)20-11-12-21(22(31)18(20)3)28-34-26(7,8)27(9,10)35-28;1-9(2,3)14-7(11)13-8(12)15-10(4,5)6;;;;;;;/h14-15,18-20H,16-17H2,1-13H3,(H,36,41)(H,37,39);11-12,15-17H,14H2,1-10H3,(H,32,34);11-15,31H,1-10H3,(H,29,32);1-6H3;;2*1H;;;1H2;/q;;;;;;;+1;+2;;-1/p-2. The molecule has 6 aromatic carbocycles. The first-order valence-electron chi connectivity index (χ1n) is 44.8. The molecule has 3 radical (unpaired) electrons. The molecule has 0 saturated carbocycles. The average molecular weight is 2020 g/mol. The molecule has 3 aliphatic rings. The number of hydrazine groups is 3. The van der Waals surface area contributed by atoms with Gasteiger partial charge in [-0.3, -0.25) is 45.0 Å². The molecule has 9 rings (SSSR count). The molecule has 39 heteroatoms. The van der Waals surface area contributed by atoms with E-state index >= 15 is 0 Å². The number of aryl methyl sites for hydroxylation is 6. The Balaban J connectivity index is 0.000000956. The number of aromatic hydroxyl groups is 1. The maximum Gasteiger partial charge on any atom is 1.00 e. The van der Waals surface area contributed by atoms with Crippen LogP contribution < -0.4 is 77.0 Å². The second kappa shape index (κ2) is 49.4. The van der Waals surface area contributed by atoms with E-state index in [1.807, 2.05) is 223 Å². The van der Waals surface area contributed by atoms with Crippen LogP contribution in [-0.4, -0.2) is 196 Å². The van der Waals surface area contributed by atoms with Crippen LogP contribution in [0.1, 0.15) is 321 Å². The van der Waals surface area contributed by atoms with E-state index in [0.29, 0.717) is 85.0 Å². The van der Waals surface area contributed by atoms with Crippen LogP contribution in [0.15, 0.2) is 91.0 Å².